The van der Waals surface area contributed by atoms with Crippen molar-refractivity contribution in [2.24, 2.45) is 5.92 Å². The van der Waals surface area contributed by atoms with E-state index in [1.165, 1.54) is 16.9 Å². The molecule has 0 spiro atoms. The number of hydrogen-bond acceptors (Lipinski definition) is 4. The summed E-state index contributed by atoms with van der Waals surface area (Å²) in [6.07, 6.45) is 4.59. The highest BCUT2D eigenvalue weighted by atomic mass is 35.5. The topological polar surface area (TPSA) is 55.2 Å². The Hall–Kier alpha value is -2.96. The van der Waals surface area contributed by atoms with Crippen molar-refractivity contribution in [3.8, 4) is 0 Å². The molecule has 0 atom stereocenters. The molecule has 2 aromatic carbocycles. The molecule has 7 heteroatoms. The normalized spacial score (nSPS) is 14.6. The maximum atomic E-state index is 13.4. The summed E-state index contributed by atoms with van der Waals surface area (Å²) in [7, 11) is 0. The van der Waals surface area contributed by atoms with Crippen LogP contribution in [-0.4, -0.2) is 33.4 Å². The van der Waals surface area contributed by atoms with Gasteiger partial charge in [-0.15, -0.1) is 11.3 Å². The van der Waals surface area contributed by atoms with E-state index < -0.39 is 0 Å². The Morgan fingerprint density at radius 1 is 1.09 bits per heavy atom. The van der Waals surface area contributed by atoms with Gasteiger partial charge in [-0.3, -0.25) is 14.2 Å². The first-order valence-corrected chi connectivity index (χ1v) is 12.8. The van der Waals surface area contributed by atoms with Crippen LogP contribution in [0, 0.1) is 12.8 Å². The van der Waals surface area contributed by atoms with Crippen molar-refractivity contribution in [3.05, 3.63) is 97.9 Å². The summed E-state index contributed by atoms with van der Waals surface area (Å²) in [6.45, 7) is 3.69. The van der Waals surface area contributed by atoms with E-state index in [4.69, 9.17) is 11.6 Å². The van der Waals surface area contributed by atoms with Crippen molar-refractivity contribution in [2.75, 3.05) is 13.1 Å². The van der Waals surface area contributed by atoms with Crippen molar-refractivity contribution in [2.45, 2.75) is 32.7 Å². The Morgan fingerprint density at radius 2 is 1.79 bits per heavy atom. The minimum atomic E-state index is -0.140. The van der Waals surface area contributed by atoms with E-state index >= 15 is 0 Å². The Bertz CT molecular complexity index is 1390. The van der Waals surface area contributed by atoms with Gasteiger partial charge in [0.15, 0.2) is 0 Å². The summed E-state index contributed by atoms with van der Waals surface area (Å²) in [4.78, 5) is 34.3. The fourth-order valence-corrected chi connectivity index (χ4v) is 6.02. The van der Waals surface area contributed by atoms with Crippen LogP contribution in [0.15, 0.2) is 65.7 Å². The molecular formula is C27H26ClN3O2S. The second-order valence-corrected chi connectivity index (χ2v) is 10.3. The molecule has 2 aromatic heterocycles. The summed E-state index contributed by atoms with van der Waals surface area (Å²) in [6, 6.07) is 18.0. The molecule has 1 amide bonds. The molecule has 1 aliphatic heterocycles. The Balaban J connectivity index is 1.33. The Kier molecular flexibility index (Phi) is 6.53. The van der Waals surface area contributed by atoms with Crippen LogP contribution >= 0.6 is 22.9 Å². The predicted octanol–water partition coefficient (Wildman–Crippen LogP) is 5.56. The molecule has 0 saturated carbocycles. The minimum absolute atomic E-state index is 0.00992. The van der Waals surface area contributed by atoms with Crippen molar-refractivity contribution in [3.63, 3.8) is 0 Å². The molecule has 3 heterocycles. The van der Waals surface area contributed by atoms with Gasteiger partial charge in [0, 0.05) is 18.1 Å². The maximum Gasteiger partial charge on any atom is 0.264 e. The number of carbonyl (C=O) groups excluding carboxylic acids is 1. The van der Waals surface area contributed by atoms with Gasteiger partial charge in [0.25, 0.3) is 11.5 Å². The van der Waals surface area contributed by atoms with Gasteiger partial charge in [0.2, 0.25) is 0 Å². The fourth-order valence-electron chi connectivity index (χ4n) is 4.72. The van der Waals surface area contributed by atoms with E-state index in [2.05, 4.69) is 29.2 Å². The molecular weight excluding hydrogens is 466 g/mol. The SMILES string of the molecule is Cc1c(C(=O)N2CCC(Cc3ccccc3)CC2)sc2ncn(Cc3ccccc3Cl)c(=O)c12. The molecule has 1 aliphatic rings. The van der Waals surface area contributed by atoms with Crippen LogP contribution in [0.1, 0.15) is 39.2 Å². The highest BCUT2D eigenvalue weighted by Crippen LogP contribution is 2.30. The zero-order chi connectivity index (χ0) is 23.7. The van der Waals surface area contributed by atoms with Gasteiger partial charge in [-0.05, 0) is 54.9 Å². The lowest BCUT2D eigenvalue weighted by molar-refractivity contribution is 0.0695. The van der Waals surface area contributed by atoms with Gasteiger partial charge in [0.05, 0.1) is 23.1 Å². The maximum absolute atomic E-state index is 13.4. The average molecular weight is 492 g/mol. The van der Waals surface area contributed by atoms with Gasteiger partial charge >= 0.3 is 0 Å². The number of likely N-dealkylation sites (tertiary alicyclic amines) is 1. The summed E-state index contributed by atoms with van der Waals surface area (Å²) in [5, 5.41) is 1.14. The predicted molar refractivity (Wildman–Crippen MR) is 138 cm³/mol. The number of hydrogen-bond donors (Lipinski definition) is 0. The van der Waals surface area contributed by atoms with Crippen molar-refractivity contribution in [1.82, 2.24) is 14.5 Å². The fraction of sp³-hybridized carbons (Fsp3) is 0.296. The molecule has 5 nitrogen and oxygen atoms in total. The number of rotatable bonds is 5. The summed E-state index contributed by atoms with van der Waals surface area (Å²) in [5.41, 5.74) is 2.79. The Morgan fingerprint density at radius 3 is 2.53 bits per heavy atom. The first-order chi connectivity index (χ1) is 16.5. The first-order valence-electron chi connectivity index (χ1n) is 11.6. The largest absolute Gasteiger partial charge is 0.338 e. The summed E-state index contributed by atoms with van der Waals surface area (Å²) < 4.78 is 1.56. The van der Waals surface area contributed by atoms with E-state index in [1.807, 2.05) is 42.2 Å². The average Bonchev–Trinajstić information content (AvgIpc) is 3.20. The smallest absolute Gasteiger partial charge is 0.264 e. The molecule has 0 N–H and O–H groups in total. The number of piperidine rings is 1. The van der Waals surface area contributed by atoms with E-state index in [1.54, 1.807) is 10.9 Å². The zero-order valence-electron chi connectivity index (χ0n) is 19.0. The summed E-state index contributed by atoms with van der Waals surface area (Å²) in [5.74, 6) is 0.601. The molecule has 0 radical (unpaired) electrons. The van der Waals surface area contributed by atoms with Gasteiger partial charge in [-0.1, -0.05) is 60.1 Å². The molecule has 4 aromatic rings. The number of aromatic nitrogens is 2. The van der Waals surface area contributed by atoms with E-state index in [9.17, 15) is 9.59 Å². The molecule has 0 bridgehead atoms. The number of benzene rings is 2. The summed E-state index contributed by atoms with van der Waals surface area (Å²) >= 11 is 7.60. The van der Waals surface area contributed by atoms with Gasteiger partial charge in [0.1, 0.15) is 4.83 Å². The first kappa shape index (κ1) is 22.8. The van der Waals surface area contributed by atoms with Crippen LogP contribution in [0.3, 0.4) is 0 Å². The Labute approximate surface area is 207 Å². The number of halogens is 1. The van der Waals surface area contributed by atoms with Crippen LogP contribution in [0.2, 0.25) is 5.02 Å². The lowest BCUT2D eigenvalue weighted by Gasteiger charge is -2.32. The monoisotopic (exact) mass is 491 g/mol. The highest BCUT2D eigenvalue weighted by molar-refractivity contribution is 7.20. The molecule has 34 heavy (non-hydrogen) atoms. The third-order valence-electron chi connectivity index (χ3n) is 6.68. The van der Waals surface area contributed by atoms with Crippen molar-refractivity contribution in [1.29, 1.82) is 0 Å². The third-order valence-corrected chi connectivity index (χ3v) is 8.24. The van der Waals surface area contributed by atoms with Gasteiger partial charge < -0.3 is 4.90 Å². The van der Waals surface area contributed by atoms with Crippen molar-refractivity contribution < 1.29 is 4.79 Å². The second-order valence-electron chi connectivity index (χ2n) is 8.93. The third kappa shape index (κ3) is 4.52. The van der Waals surface area contributed by atoms with Crippen molar-refractivity contribution >= 4 is 39.1 Å². The van der Waals surface area contributed by atoms with E-state index in [0.717, 1.165) is 43.5 Å². The van der Waals surface area contributed by atoms with Crippen LogP contribution in [-0.2, 0) is 13.0 Å². The minimum Gasteiger partial charge on any atom is -0.338 e. The standard InChI is InChI=1S/C27H26ClN3O2S/c1-18-23-25(29-17-31(26(23)32)16-21-9-5-6-10-22(21)28)34-24(18)27(33)30-13-11-20(12-14-30)15-19-7-3-2-4-8-19/h2-10,17,20H,11-16H2,1H3. The van der Waals surface area contributed by atoms with Crippen LogP contribution in [0.25, 0.3) is 10.2 Å². The second kappa shape index (κ2) is 9.72. The zero-order valence-corrected chi connectivity index (χ0v) is 20.6. The van der Waals surface area contributed by atoms with Gasteiger partial charge in [-0.2, -0.15) is 0 Å². The number of nitrogens with zero attached hydrogens (tertiary/aromatic N) is 3. The number of amides is 1. The van der Waals surface area contributed by atoms with Gasteiger partial charge in [-0.25, -0.2) is 4.98 Å². The van der Waals surface area contributed by atoms with E-state index in [0.29, 0.717) is 32.6 Å². The molecule has 5 rings (SSSR count). The number of carbonyl (C=O) groups is 1. The molecule has 1 fully saturated rings. The lowest BCUT2D eigenvalue weighted by Crippen LogP contribution is -2.38. The lowest BCUT2D eigenvalue weighted by atomic mass is 9.90. The molecule has 174 valence electrons. The number of thiophene rings is 1. The molecule has 1 saturated heterocycles. The van der Waals surface area contributed by atoms with E-state index in [-0.39, 0.29) is 11.5 Å². The molecule has 0 aliphatic carbocycles. The molecule has 0 unspecified atom stereocenters. The highest BCUT2D eigenvalue weighted by Gasteiger charge is 2.27. The van der Waals surface area contributed by atoms with Crippen LogP contribution in [0.5, 0.6) is 0 Å². The number of fused-ring (bicyclic) bond motifs is 1. The number of aryl methyl sites for hydroxylation is 1. The quantitative estimate of drug-likeness (QED) is 0.367. The van der Waals surface area contributed by atoms with Crippen LogP contribution < -0.4 is 5.56 Å². The van der Waals surface area contributed by atoms with Crippen LogP contribution in [0.4, 0.5) is 0 Å².